The van der Waals surface area contributed by atoms with Gasteiger partial charge in [0.1, 0.15) is 0 Å². The Balaban J connectivity index is 1.58. The summed E-state index contributed by atoms with van der Waals surface area (Å²) in [6.07, 6.45) is 1.66. The second-order valence-corrected chi connectivity index (χ2v) is 7.05. The average molecular weight is 387 g/mol. The number of carbonyl (C=O) groups excluding carboxylic acids is 2. The molecule has 2 amide bonds. The van der Waals surface area contributed by atoms with Gasteiger partial charge < -0.3 is 10.6 Å². The lowest BCUT2D eigenvalue weighted by molar-refractivity contribution is -0.126. The summed E-state index contributed by atoms with van der Waals surface area (Å²) in [7, 11) is 0. The summed E-state index contributed by atoms with van der Waals surface area (Å²) >= 11 is 3.39. The molecule has 2 N–H and O–H groups in total. The molecule has 3 rings (SSSR count). The maximum absolute atomic E-state index is 12.5. The van der Waals surface area contributed by atoms with Crippen LogP contribution in [0.2, 0.25) is 0 Å². The van der Waals surface area contributed by atoms with E-state index < -0.39 is 5.41 Å². The first-order valence-corrected chi connectivity index (χ1v) is 8.70. The maximum Gasteiger partial charge on any atom is 0.243 e. The van der Waals surface area contributed by atoms with Gasteiger partial charge in [0.25, 0.3) is 0 Å². The highest BCUT2D eigenvalue weighted by Gasteiger charge is 2.51. The molecular weight excluding hydrogens is 368 g/mol. The number of aryl methyl sites for hydroxylation is 1. The van der Waals surface area contributed by atoms with Crippen LogP contribution in [0.25, 0.3) is 0 Å². The van der Waals surface area contributed by atoms with Gasteiger partial charge in [0.05, 0.1) is 12.0 Å². The van der Waals surface area contributed by atoms with Crippen LogP contribution in [0.4, 0.5) is 5.69 Å². The molecule has 1 fully saturated rings. The number of anilines is 1. The second kappa shape index (κ2) is 6.77. The Kier molecular flexibility index (Phi) is 4.71. The smallest absolute Gasteiger partial charge is 0.243 e. The Morgan fingerprint density at radius 2 is 1.83 bits per heavy atom. The lowest BCUT2D eigenvalue weighted by Gasteiger charge is -2.16. The van der Waals surface area contributed by atoms with Crippen LogP contribution in [-0.4, -0.2) is 18.4 Å². The molecule has 0 spiro atoms. The van der Waals surface area contributed by atoms with Gasteiger partial charge in [0.15, 0.2) is 0 Å². The van der Waals surface area contributed by atoms with E-state index in [1.807, 2.05) is 55.5 Å². The summed E-state index contributed by atoms with van der Waals surface area (Å²) in [5.41, 5.74) is 2.29. The van der Waals surface area contributed by atoms with Crippen molar-refractivity contribution in [3.8, 4) is 0 Å². The van der Waals surface area contributed by atoms with Crippen LogP contribution >= 0.6 is 15.9 Å². The first kappa shape index (κ1) is 16.7. The molecule has 4 nitrogen and oxygen atoms in total. The minimum Gasteiger partial charge on any atom is -0.346 e. The predicted molar refractivity (Wildman–Crippen MR) is 97.9 cm³/mol. The van der Waals surface area contributed by atoms with Gasteiger partial charge in [0.2, 0.25) is 11.8 Å². The molecule has 0 bridgehead atoms. The Labute approximate surface area is 149 Å². The van der Waals surface area contributed by atoms with Crippen LogP contribution in [0.3, 0.4) is 0 Å². The summed E-state index contributed by atoms with van der Waals surface area (Å²) in [5.74, 6) is -0.297. The Morgan fingerprint density at radius 3 is 2.46 bits per heavy atom. The molecule has 1 aliphatic carbocycles. The number of benzene rings is 2. The average Bonchev–Trinajstić information content (AvgIpc) is 3.38. The fourth-order valence-corrected chi connectivity index (χ4v) is 3.30. The third-order valence-corrected chi connectivity index (χ3v) is 4.88. The highest BCUT2D eigenvalue weighted by molar-refractivity contribution is 9.10. The van der Waals surface area contributed by atoms with Crippen molar-refractivity contribution in [3.05, 3.63) is 64.1 Å². The zero-order valence-corrected chi connectivity index (χ0v) is 15.0. The van der Waals surface area contributed by atoms with Crippen LogP contribution in [-0.2, 0) is 15.0 Å². The van der Waals surface area contributed by atoms with E-state index in [-0.39, 0.29) is 18.4 Å². The third kappa shape index (κ3) is 3.51. The first-order valence-electron chi connectivity index (χ1n) is 7.91. The monoisotopic (exact) mass is 386 g/mol. The molecule has 1 aliphatic rings. The van der Waals surface area contributed by atoms with Crippen molar-refractivity contribution in [1.82, 2.24) is 5.32 Å². The second-order valence-electron chi connectivity index (χ2n) is 6.14. The summed E-state index contributed by atoms with van der Waals surface area (Å²) in [5, 5.41) is 5.60. The lowest BCUT2D eigenvalue weighted by Crippen LogP contribution is -2.39. The van der Waals surface area contributed by atoms with Crippen molar-refractivity contribution in [3.63, 3.8) is 0 Å². The van der Waals surface area contributed by atoms with Crippen LogP contribution in [0.1, 0.15) is 24.0 Å². The van der Waals surface area contributed by atoms with E-state index in [2.05, 4.69) is 26.6 Å². The van der Waals surface area contributed by atoms with Crippen LogP contribution < -0.4 is 10.6 Å². The first-order chi connectivity index (χ1) is 11.5. The fraction of sp³-hybridized carbons (Fsp3) is 0.263. The lowest BCUT2D eigenvalue weighted by atomic mass is 9.95. The summed E-state index contributed by atoms with van der Waals surface area (Å²) in [4.78, 5) is 24.6. The molecule has 0 heterocycles. The molecule has 2 aromatic carbocycles. The molecule has 0 aromatic heterocycles. The normalized spacial score (nSPS) is 14.8. The van der Waals surface area contributed by atoms with Crippen molar-refractivity contribution < 1.29 is 9.59 Å². The van der Waals surface area contributed by atoms with Crippen molar-refractivity contribution in [2.75, 3.05) is 11.9 Å². The fourth-order valence-electron chi connectivity index (χ4n) is 2.82. The number of hydrogen-bond acceptors (Lipinski definition) is 2. The molecule has 5 heteroatoms. The van der Waals surface area contributed by atoms with Gasteiger partial charge in [-0.1, -0.05) is 46.3 Å². The zero-order valence-electron chi connectivity index (χ0n) is 13.4. The molecular formula is C19H19BrN2O2. The SMILES string of the molecule is Cc1cc(Br)ccc1NC(=O)CNC(=O)C1(c2ccccc2)CC1. The van der Waals surface area contributed by atoms with Gasteiger partial charge in [-0.2, -0.15) is 0 Å². The van der Waals surface area contributed by atoms with Crippen LogP contribution in [0, 0.1) is 6.92 Å². The van der Waals surface area contributed by atoms with E-state index in [1.165, 1.54) is 0 Å². The van der Waals surface area contributed by atoms with Crippen molar-refractivity contribution >= 4 is 33.4 Å². The van der Waals surface area contributed by atoms with Crippen LogP contribution in [0.15, 0.2) is 53.0 Å². The highest BCUT2D eigenvalue weighted by atomic mass is 79.9. The molecule has 0 saturated heterocycles. The molecule has 0 radical (unpaired) electrons. The summed E-state index contributed by atoms with van der Waals surface area (Å²) in [6, 6.07) is 15.4. The Hall–Kier alpha value is -2.14. The predicted octanol–water partition coefficient (Wildman–Crippen LogP) is 3.54. The Morgan fingerprint density at radius 1 is 1.12 bits per heavy atom. The third-order valence-electron chi connectivity index (χ3n) is 4.38. The van der Waals surface area contributed by atoms with Crippen LogP contribution in [0.5, 0.6) is 0 Å². The number of carbonyl (C=O) groups is 2. The van der Waals surface area contributed by atoms with Gasteiger partial charge in [-0.05, 0) is 49.1 Å². The van der Waals surface area contributed by atoms with E-state index in [0.29, 0.717) is 0 Å². The quantitative estimate of drug-likeness (QED) is 0.825. The van der Waals surface area contributed by atoms with E-state index in [1.54, 1.807) is 0 Å². The Bertz CT molecular complexity index is 770. The number of amides is 2. The van der Waals surface area contributed by atoms with E-state index in [0.717, 1.165) is 34.1 Å². The number of hydrogen-bond donors (Lipinski definition) is 2. The van der Waals surface area contributed by atoms with E-state index in [4.69, 9.17) is 0 Å². The number of nitrogens with one attached hydrogen (secondary N) is 2. The van der Waals surface area contributed by atoms with E-state index in [9.17, 15) is 9.59 Å². The van der Waals surface area contributed by atoms with Crippen molar-refractivity contribution in [2.24, 2.45) is 0 Å². The minimum absolute atomic E-state index is 0.0249. The summed E-state index contributed by atoms with van der Waals surface area (Å²) in [6.45, 7) is 1.90. The molecule has 124 valence electrons. The van der Waals surface area contributed by atoms with Crippen molar-refractivity contribution in [2.45, 2.75) is 25.2 Å². The van der Waals surface area contributed by atoms with Gasteiger partial charge in [-0.25, -0.2) is 0 Å². The zero-order chi connectivity index (χ0) is 17.2. The summed E-state index contributed by atoms with van der Waals surface area (Å²) < 4.78 is 0.963. The standard InChI is InChI=1S/C19H19BrN2O2/c1-13-11-15(20)7-8-16(13)22-17(23)12-21-18(24)19(9-10-19)14-5-3-2-4-6-14/h2-8,11H,9-10,12H2,1H3,(H,21,24)(H,22,23). The molecule has 2 aromatic rings. The van der Waals surface area contributed by atoms with Gasteiger partial charge in [-0.3, -0.25) is 9.59 Å². The molecule has 24 heavy (non-hydrogen) atoms. The molecule has 1 saturated carbocycles. The minimum atomic E-state index is -0.449. The molecule has 0 unspecified atom stereocenters. The topological polar surface area (TPSA) is 58.2 Å². The molecule has 0 aliphatic heterocycles. The highest BCUT2D eigenvalue weighted by Crippen LogP contribution is 2.48. The molecule has 0 atom stereocenters. The van der Waals surface area contributed by atoms with Gasteiger partial charge in [0, 0.05) is 10.2 Å². The van der Waals surface area contributed by atoms with Crippen molar-refractivity contribution in [1.29, 1.82) is 0 Å². The van der Waals surface area contributed by atoms with Gasteiger partial charge >= 0.3 is 0 Å². The maximum atomic E-state index is 12.5. The largest absolute Gasteiger partial charge is 0.346 e. The van der Waals surface area contributed by atoms with E-state index >= 15 is 0 Å². The number of rotatable bonds is 5. The number of halogens is 1. The van der Waals surface area contributed by atoms with Gasteiger partial charge in [-0.15, -0.1) is 0 Å².